The fourth-order valence-electron chi connectivity index (χ4n) is 4.20. The monoisotopic (exact) mass is 527 g/mol. The summed E-state index contributed by atoms with van der Waals surface area (Å²) in [4.78, 5) is 29.9. The topological polar surface area (TPSA) is 120 Å². The average molecular weight is 528 g/mol. The molecule has 0 unspecified atom stereocenters. The van der Waals surface area contributed by atoms with Gasteiger partial charge in [0.15, 0.2) is 0 Å². The predicted octanol–water partition coefficient (Wildman–Crippen LogP) is 4.38. The Kier molecular flexibility index (Phi) is 6.56. The van der Waals surface area contributed by atoms with E-state index in [4.69, 9.17) is 0 Å². The van der Waals surface area contributed by atoms with Crippen molar-refractivity contribution >= 4 is 44.6 Å². The van der Waals surface area contributed by atoms with Crippen LogP contribution in [-0.4, -0.2) is 38.5 Å². The summed E-state index contributed by atoms with van der Waals surface area (Å²) in [6.07, 6.45) is 4.50. The molecule has 192 valence electrons. The summed E-state index contributed by atoms with van der Waals surface area (Å²) in [5.74, 6) is -0.603. The van der Waals surface area contributed by atoms with Crippen LogP contribution >= 0.6 is 0 Å². The van der Waals surface area contributed by atoms with Crippen molar-refractivity contribution in [2.24, 2.45) is 0 Å². The molecule has 0 fully saturated rings. The molecule has 0 aliphatic carbocycles. The van der Waals surface area contributed by atoms with Crippen molar-refractivity contribution in [3.8, 4) is 11.1 Å². The number of benzene rings is 3. The first-order valence-electron chi connectivity index (χ1n) is 11.8. The fourth-order valence-corrected chi connectivity index (χ4v) is 4.72. The van der Waals surface area contributed by atoms with Gasteiger partial charge in [0.2, 0.25) is 10.0 Å². The number of nitrogens with one attached hydrogen (secondary N) is 3. The molecule has 0 saturated heterocycles. The maximum atomic E-state index is 13.1. The second-order valence-electron chi connectivity index (χ2n) is 8.89. The summed E-state index contributed by atoms with van der Waals surface area (Å²) < 4.78 is 25.6. The zero-order valence-electron chi connectivity index (χ0n) is 20.7. The fraction of sp³-hybridized carbons (Fsp3) is 0.107. The standard InChI is InChI=1S/C28H25N5O4S/c1-33(38(2,36)37)26-8-4-3-7-21(26)19-9-11-22-24(14-19)31-23-12-10-20(15-25(23)32-28(22)35)27(34)30-17-18-6-5-13-29-16-18/h3-16,31H,17H2,1-2H3,(H,30,34)(H,32,35). The molecule has 2 amide bonds. The molecule has 1 aliphatic heterocycles. The third-order valence-electron chi connectivity index (χ3n) is 6.29. The predicted molar refractivity (Wildman–Crippen MR) is 148 cm³/mol. The quantitative estimate of drug-likeness (QED) is 0.342. The third-order valence-corrected chi connectivity index (χ3v) is 7.48. The second kappa shape index (κ2) is 9.98. The van der Waals surface area contributed by atoms with E-state index in [-0.39, 0.29) is 11.8 Å². The third kappa shape index (κ3) is 5.07. The van der Waals surface area contributed by atoms with Gasteiger partial charge in [-0.15, -0.1) is 0 Å². The Morgan fingerprint density at radius 2 is 1.74 bits per heavy atom. The maximum Gasteiger partial charge on any atom is 0.257 e. The summed E-state index contributed by atoms with van der Waals surface area (Å²) in [6.45, 7) is 0.332. The zero-order chi connectivity index (χ0) is 26.9. The number of hydrogen-bond donors (Lipinski definition) is 3. The van der Waals surface area contributed by atoms with Crippen molar-refractivity contribution in [3.05, 3.63) is 102 Å². The van der Waals surface area contributed by atoms with E-state index in [1.807, 2.05) is 24.3 Å². The van der Waals surface area contributed by atoms with Crippen LogP contribution in [0.1, 0.15) is 26.3 Å². The number of aromatic nitrogens is 1. The Labute approximate surface area is 220 Å². The number of anilines is 4. The highest BCUT2D eigenvalue weighted by Crippen LogP contribution is 2.37. The molecule has 0 radical (unpaired) electrons. The first-order chi connectivity index (χ1) is 18.2. The van der Waals surface area contributed by atoms with Crippen LogP contribution in [-0.2, 0) is 16.6 Å². The highest BCUT2D eigenvalue weighted by Gasteiger charge is 2.22. The molecular weight excluding hydrogens is 502 g/mol. The number of amides is 2. The van der Waals surface area contributed by atoms with Crippen LogP contribution in [0, 0.1) is 0 Å². The van der Waals surface area contributed by atoms with E-state index in [0.717, 1.165) is 17.4 Å². The van der Waals surface area contributed by atoms with Gasteiger partial charge in [-0.25, -0.2) is 8.42 Å². The first kappa shape index (κ1) is 25.0. The number of carbonyl (C=O) groups excluding carboxylic acids is 2. The number of fused-ring (bicyclic) bond motifs is 2. The number of para-hydroxylation sites is 1. The minimum Gasteiger partial charge on any atom is -0.353 e. The summed E-state index contributed by atoms with van der Waals surface area (Å²) in [5.41, 5.74) is 5.32. The van der Waals surface area contributed by atoms with Gasteiger partial charge in [0.1, 0.15) is 0 Å². The van der Waals surface area contributed by atoms with Crippen LogP contribution < -0.4 is 20.3 Å². The minimum atomic E-state index is -3.47. The average Bonchev–Trinajstić information content (AvgIpc) is 3.06. The van der Waals surface area contributed by atoms with E-state index in [0.29, 0.717) is 46.0 Å². The van der Waals surface area contributed by atoms with Crippen molar-refractivity contribution in [2.75, 3.05) is 28.2 Å². The molecule has 1 aromatic heterocycles. The van der Waals surface area contributed by atoms with Gasteiger partial charge in [-0.3, -0.25) is 18.9 Å². The largest absolute Gasteiger partial charge is 0.353 e. The molecule has 5 rings (SSSR count). The SMILES string of the molecule is CN(c1ccccc1-c1ccc2c(c1)Nc1ccc(C(=O)NCc3cccnc3)cc1NC2=O)S(C)(=O)=O. The Hall–Kier alpha value is -4.70. The van der Waals surface area contributed by atoms with Crippen LogP contribution in [0.15, 0.2) is 85.2 Å². The maximum absolute atomic E-state index is 13.1. The zero-order valence-corrected chi connectivity index (χ0v) is 21.5. The van der Waals surface area contributed by atoms with Gasteiger partial charge in [-0.1, -0.05) is 30.3 Å². The van der Waals surface area contributed by atoms with E-state index in [9.17, 15) is 18.0 Å². The van der Waals surface area contributed by atoms with Crippen molar-refractivity contribution in [3.63, 3.8) is 0 Å². The van der Waals surface area contributed by atoms with Crippen LogP contribution in [0.5, 0.6) is 0 Å². The molecule has 3 aromatic carbocycles. The lowest BCUT2D eigenvalue weighted by molar-refractivity contribution is 0.0949. The van der Waals surface area contributed by atoms with E-state index < -0.39 is 10.0 Å². The Morgan fingerprint density at radius 3 is 2.50 bits per heavy atom. The molecule has 2 heterocycles. The van der Waals surface area contributed by atoms with Crippen LogP contribution in [0.25, 0.3) is 11.1 Å². The molecule has 38 heavy (non-hydrogen) atoms. The number of carbonyl (C=O) groups is 2. The number of sulfonamides is 1. The molecule has 4 aromatic rings. The lowest BCUT2D eigenvalue weighted by Crippen LogP contribution is -2.25. The number of pyridine rings is 1. The lowest BCUT2D eigenvalue weighted by atomic mass is 10.0. The lowest BCUT2D eigenvalue weighted by Gasteiger charge is -2.21. The van der Waals surface area contributed by atoms with Crippen LogP contribution in [0.2, 0.25) is 0 Å². The van der Waals surface area contributed by atoms with Crippen molar-refractivity contribution < 1.29 is 18.0 Å². The summed E-state index contributed by atoms with van der Waals surface area (Å²) in [6, 6.07) is 21.2. The van der Waals surface area contributed by atoms with Gasteiger partial charge < -0.3 is 16.0 Å². The molecule has 10 heteroatoms. The second-order valence-corrected chi connectivity index (χ2v) is 10.9. The molecule has 0 saturated carbocycles. The van der Waals surface area contributed by atoms with Gasteiger partial charge in [0.25, 0.3) is 11.8 Å². The molecule has 0 spiro atoms. The van der Waals surface area contributed by atoms with E-state index in [1.54, 1.807) is 60.9 Å². The van der Waals surface area contributed by atoms with Crippen molar-refractivity contribution in [1.82, 2.24) is 10.3 Å². The van der Waals surface area contributed by atoms with Crippen molar-refractivity contribution in [2.45, 2.75) is 6.54 Å². The number of nitrogens with zero attached hydrogens (tertiary/aromatic N) is 2. The highest BCUT2D eigenvalue weighted by atomic mass is 32.2. The Bertz CT molecular complexity index is 1660. The smallest absolute Gasteiger partial charge is 0.257 e. The van der Waals surface area contributed by atoms with Gasteiger partial charge in [-0.2, -0.15) is 0 Å². The number of hydrogen-bond acceptors (Lipinski definition) is 6. The highest BCUT2D eigenvalue weighted by molar-refractivity contribution is 7.92. The molecule has 0 atom stereocenters. The van der Waals surface area contributed by atoms with E-state index in [1.165, 1.54) is 11.4 Å². The van der Waals surface area contributed by atoms with Gasteiger partial charge in [-0.05, 0) is 53.6 Å². The van der Waals surface area contributed by atoms with Crippen molar-refractivity contribution in [1.29, 1.82) is 0 Å². The number of rotatable bonds is 6. The minimum absolute atomic E-state index is 0.276. The molecule has 0 bridgehead atoms. The summed E-state index contributed by atoms with van der Waals surface area (Å²) in [7, 11) is -1.97. The summed E-state index contributed by atoms with van der Waals surface area (Å²) in [5, 5.41) is 9.03. The molecule has 3 N–H and O–H groups in total. The molecular formula is C28H25N5O4S. The van der Waals surface area contributed by atoms with Gasteiger partial charge in [0.05, 0.1) is 34.6 Å². The molecule has 9 nitrogen and oxygen atoms in total. The van der Waals surface area contributed by atoms with Gasteiger partial charge in [0, 0.05) is 37.1 Å². The first-order valence-corrected chi connectivity index (χ1v) is 13.6. The Balaban J connectivity index is 1.44. The van der Waals surface area contributed by atoms with Crippen LogP contribution in [0.4, 0.5) is 22.7 Å². The van der Waals surface area contributed by atoms with E-state index in [2.05, 4.69) is 20.9 Å². The van der Waals surface area contributed by atoms with Gasteiger partial charge >= 0.3 is 0 Å². The summed E-state index contributed by atoms with van der Waals surface area (Å²) >= 11 is 0. The normalized spacial score (nSPS) is 12.3. The van der Waals surface area contributed by atoms with E-state index >= 15 is 0 Å². The van der Waals surface area contributed by atoms with Crippen LogP contribution in [0.3, 0.4) is 0 Å². The molecule has 1 aliphatic rings. The Morgan fingerprint density at radius 1 is 0.921 bits per heavy atom.